The van der Waals surface area contributed by atoms with Gasteiger partial charge in [-0.05, 0) is 31.7 Å². The van der Waals surface area contributed by atoms with Gasteiger partial charge in [0.1, 0.15) is 12.2 Å². The van der Waals surface area contributed by atoms with E-state index in [-0.39, 0.29) is 12.6 Å². The van der Waals surface area contributed by atoms with Gasteiger partial charge in [-0.2, -0.15) is 4.98 Å². The van der Waals surface area contributed by atoms with E-state index < -0.39 is 5.97 Å². The number of fused-ring (bicyclic) bond motifs is 1. The number of carbonyl (C=O) groups excluding carboxylic acids is 1. The highest BCUT2D eigenvalue weighted by atomic mass is 16.5. The third-order valence-corrected chi connectivity index (χ3v) is 4.65. The molecule has 3 N–H and O–H groups in total. The van der Waals surface area contributed by atoms with Crippen molar-refractivity contribution in [1.29, 1.82) is 0 Å². The first-order chi connectivity index (χ1) is 13.8. The number of rotatable bonds is 10. The molecule has 0 spiro atoms. The van der Waals surface area contributed by atoms with Crippen LogP contribution in [0.4, 0.5) is 5.95 Å². The molecule has 0 aliphatic carbocycles. The van der Waals surface area contributed by atoms with Crippen LogP contribution in [0.5, 0.6) is 0 Å². The third-order valence-electron chi connectivity index (χ3n) is 4.65. The minimum absolute atomic E-state index is 0.0758. The lowest BCUT2D eigenvalue weighted by Crippen LogP contribution is -2.16. The lowest BCUT2D eigenvalue weighted by Gasteiger charge is -2.20. The van der Waals surface area contributed by atoms with E-state index in [0.717, 1.165) is 24.0 Å². The van der Waals surface area contributed by atoms with Crippen molar-refractivity contribution < 1.29 is 9.53 Å². The Labute approximate surface area is 172 Å². The molecule has 0 aliphatic rings. The van der Waals surface area contributed by atoms with Gasteiger partial charge >= 0.3 is 5.97 Å². The van der Waals surface area contributed by atoms with Crippen LogP contribution in [-0.4, -0.2) is 39.4 Å². The fourth-order valence-electron chi connectivity index (χ4n) is 3.01. The Balaban J connectivity index is 2.10. The van der Waals surface area contributed by atoms with Crippen LogP contribution >= 0.6 is 0 Å². The van der Waals surface area contributed by atoms with Crippen molar-refractivity contribution in [2.45, 2.75) is 53.7 Å². The van der Waals surface area contributed by atoms with E-state index in [9.17, 15) is 4.79 Å². The van der Waals surface area contributed by atoms with E-state index >= 15 is 0 Å². The molecule has 2 aromatic heterocycles. The van der Waals surface area contributed by atoms with Crippen molar-refractivity contribution in [1.82, 2.24) is 14.5 Å². The molecule has 8 nitrogen and oxygen atoms in total. The van der Waals surface area contributed by atoms with E-state index in [1.54, 1.807) is 20.0 Å². The highest BCUT2D eigenvalue weighted by molar-refractivity contribution is 5.85. The maximum absolute atomic E-state index is 11.6. The van der Waals surface area contributed by atoms with Crippen LogP contribution < -0.4 is 11.1 Å². The molecule has 0 aliphatic heterocycles. The third kappa shape index (κ3) is 6.58. The van der Waals surface area contributed by atoms with Gasteiger partial charge in [-0.1, -0.05) is 27.2 Å². The Morgan fingerprint density at radius 2 is 2.14 bits per heavy atom. The molecule has 2 heterocycles. The minimum atomic E-state index is -0.390. The van der Waals surface area contributed by atoms with Gasteiger partial charge in [-0.15, -0.1) is 0 Å². The fourth-order valence-corrected chi connectivity index (χ4v) is 3.01. The van der Waals surface area contributed by atoms with Crippen molar-refractivity contribution in [2.24, 2.45) is 22.6 Å². The van der Waals surface area contributed by atoms with Crippen LogP contribution in [0.1, 0.15) is 41.0 Å². The van der Waals surface area contributed by atoms with Crippen LogP contribution in [0.3, 0.4) is 0 Å². The van der Waals surface area contributed by atoms with Crippen LogP contribution in [0, 0.1) is 11.8 Å². The summed E-state index contributed by atoms with van der Waals surface area (Å²) in [6.45, 7) is 11.1. The maximum Gasteiger partial charge on any atom is 0.327 e. The monoisotopic (exact) mass is 400 g/mol. The highest BCUT2D eigenvalue weighted by Crippen LogP contribution is 2.21. The largest absolute Gasteiger partial charge is 0.462 e. The SMILES string of the molecule is CCC(Cn1ccc2cnc(N/C(C=NCC(=O)OC(C)C)=C/N)nc21)C(C)C. The first kappa shape index (κ1) is 22.4. The summed E-state index contributed by atoms with van der Waals surface area (Å²) >= 11 is 0. The van der Waals surface area contributed by atoms with Crippen LogP contribution in [0.25, 0.3) is 11.0 Å². The Morgan fingerprint density at radius 1 is 1.38 bits per heavy atom. The summed E-state index contributed by atoms with van der Waals surface area (Å²) in [5, 5.41) is 4.03. The summed E-state index contributed by atoms with van der Waals surface area (Å²) in [4.78, 5) is 24.6. The highest BCUT2D eigenvalue weighted by Gasteiger charge is 2.14. The van der Waals surface area contributed by atoms with Gasteiger partial charge < -0.3 is 20.4 Å². The smallest absolute Gasteiger partial charge is 0.327 e. The first-order valence-corrected chi connectivity index (χ1v) is 10.0. The van der Waals surface area contributed by atoms with Crippen LogP contribution in [0.2, 0.25) is 0 Å². The number of aromatic nitrogens is 3. The maximum atomic E-state index is 11.6. The predicted molar refractivity (Wildman–Crippen MR) is 117 cm³/mol. The summed E-state index contributed by atoms with van der Waals surface area (Å²) in [5.74, 6) is 1.21. The number of ether oxygens (including phenoxy) is 1. The van der Waals surface area contributed by atoms with Crippen molar-refractivity contribution in [3.63, 3.8) is 0 Å². The van der Waals surface area contributed by atoms with E-state index in [1.165, 1.54) is 12.4 Å². The summed E-state index contributed by atoms with van der Waals surface area (Å²) in [6, 6.07) is 2.02. The standard InChI is InChI=1S/C21H32N6O2/c1-6-16(14(2)3)13-27-8-7-17-10-24-21(26-20(17)27)25-18(9-22)11-23-12-19(28)29-15(4)5/h7-11,14-16H,6,12-13,22H2,1-5H3,(H,24,25,26)/b18-9+,23-11?. The van der Waals surface area contributed by atoms with Gasteiger partial charge in [0.2, 0.25) is 5.95 Å². The van der Waals surface area contributed by atoms with Crippen molar-refractivity contribution >= 4 is 29.2 Å². The number of carbonyl (C=O) groups is 1. The molecule has 0 saturated heterocycles. The van der Waals surface area contributed by atoms with Crippen molar-refractivity contribution in [2.75, 3.05) is 11.9 Å². The number of nitrogens with one attached hydrogen (secondary N) is 1. The summed E-state index contributed by atoms with van der Waals surface area (Å²) in [7, 11) is 0. The zero-order valence-corrected chi connectivity index (χ0v) is 17.9. The second kappa shape index (κ2) is 10.6. The van der Waals surface area contributed by atoms with Gasteiger partial charge in [0.25, 0.3) is 0 Å². The quantitative estimate of drug-likeness (QED) is 0.468. The number of esters is 1. The first-order valence-electron chi connectivity index (χ1n) is 10.0. The van der Waals surface area contributed by atoms with Gasteiger partial charge in [0.05, 0.1) is 11.8 Å². The number of hydrogen-bond donors (Lipinski definition) is 2. The number of aliphatic imine (C=N–C) groups is 1. The molecule has 2 aromatic rings. The molecular formula is C21H32N6O2. The number of anilines is 1. The summed E-state index contributed by atoms with van der Waals surface area (Å²) in [6.07, 6.45) is 7.61. The average molecular weight is 401 g/mol. The van der Waals surface area contributed by atoms with Crippen molar-refractivity contribution in [3.8, 4) is 0 Å². The Morgan fingerprint density at radius 3 is 2.76 bits per heavy atom. The number of nitrogens with zero attached hydrogens (tertiary/aromatic N) is 4. The summed E-state index contributed by atoms with van der Waals surface area (Å²) in [5.41, 5.74) is 7.03. The van der Waals surface area contributed by atoms with E-state index in [4.69, 9.17) is 10.5 Å². The zero-order chi connectivity index (χ0) is 21.4. The zero-order valence-electron chi connectivity index (χ0n) is 17.9. The molecule has 0 amide bonds. The minimum Gasteiger partial charge on any atom is -0.462 e. The molecule has 1 atom stereocenters. The lowest BCUT2D eigenvalue weighted by molar-refractivity contribution is -0.145. The molecule has 1 unspecified atom stereocenters. The molecule has 0 bridgehead atoms. The van der Waals surface area contributed by atoms with Crippen LogP contribution in [-0.2, 0) is 16.1 Å². The topological polar surface area (TPSA) is 107 Å². The molecule has 158 valence electrons. The Bertz CT molecular complexity index is 869. The molecule has 8 heteroatoms. The van der Waals surface area contributed by atoms with Crippen molar-refractivity contribution in [3.05, 3.63) is 30.4 Å². The lowest BCUT2D eigenvalue weighted by atomic mass is 9.93. The molecule has 0 fully saturated rings. The second-order valence-electron chi connectivity index (χ2n) is 7.61. The molecule has 0 radical (unpaired) electrons. The van der Waals surface area contributed by atoms with Gasteiger partial charge in [0, 0.05) is 36.7 Å². The Kier molecular flexibility index (Phi) is 8.18. The van der Waals surface area contributed by atoms with E-state index in [1.807, 2.05) is 6.07 Å². The van der Waals surface area contributed by atoms with Gasteiger partial charge in [0.15, 0.2) is 0 Å². The van der Waals surface area contributed by atoms with E-state index in [0.29, 0.717) is 23.5 Å². The van der Waals surface area contributed by atoms with E-state index in [2.05, 4.69) is 51.8 Å². The normalized spacial score (nSPS) is 13.6. The molecule has 29 heavy (non-hydrogen) atoms. The number of allylic oxidation sites excluding steroid dienone is 1. The number of hydrogen-bond acceptors (Lipinski definition) is 7. The average Bonchev–Trinajstić information content (AvgIpc) is 3.06. The molecule has 0 saturated carbocycles. The second-order valence-corrected chi connectivity index (χ2v) is 7.61. The van der Waals surface area contributed by atoms with Gasteiger partial charge in [-0.3, -0.25) is 9.79 Å². The van der Waals surface area contributed by atoms with Gasteiger partial charge in [-0.25, -0.2) is 4.98 Å². The summed E-state index contributed by atoms with van der Waals surface area (Å²) < 4.78 is 7.21. The van der Waals surface area contributed by atoms with Crippen LogP contribution in [0.15, 0.2) is 35.3 Å². The Hall–Kier alpha value is -2.90. The molecular weight excluding hydrogens is 368 g/mol. The number of nitrogens with two attached hydrogens (primary N) is 1. The molecule has 0 aromatic carbocycles. The fraction of sp³-hybridized carbons (Fsp3) is 0.524. The predicted octanol–water partition coefficient (Wildman–Crippen LogP) is 3.35. The molecule has 2 rings (SSSR count).